The molecule has 7 nitrogen and oxygen atoms in total. The normalized spacial score (nSPS) is 16.2. The molecule has 0 aromatic carbocycles. The third kappa shape index (κ3) is 7.77. The number of rotatable bonds is 9. The Kier molecular flexibility index (Phi) is 9.67. The van der Waals surface area contributed by atoms with Crippen molar-refractivity contribution in [1.29, 1.82) is 0 Å². The summed E-state index contributed by atoms with van der Waals surface area (Å²) in [5, 5.41) is 0. The molecule has 0 rings (SSSR count). The second kappa shape index (κ2) is 10.4. The number of carbonyl (C=O) groups is 4. The van der Waals surface area contributed by atoms with Crippen LogP contribution in [-0.4, -0.2) is 58.7 Å². The van der Waals surface area contributed by atoms with Gasteiger partial charge in [0, 0.05) is 19.4 Å². The zero-order chi connectivity index (χ0) is 24.9. The Morgan fingerprint density at radius 1 is 0.903 bits per heavy atom. The Hall–Kier alpha value is -2.20. The summed E-state index contributed by atoms with van der Waals surface area (Å²) in [6.07, 6.45) is -10.2. The van der Waals surface area contributed by atoms with E-state index in [0.717, 1.165) is 4.90 Å². The molecule has 31 heavy (non-hydrogen) atoms. The quantitative estimate of drug-likeness (QED) is 0.387. The van der Waals surface area contributed by atoms with Crippen molar-refractivity contribution in [2.24, 2.45) is 5.41 Å². The highest BCUT2D eigenvalue weighted by Gasteiger charge is 2.50. The number of nitrogens with zero attached hydrogens (tertiary/aromatic N) is 1. The van der Waals surface area contributed by atoms with Gasteiger partial charge >= 0.3 is 18.1 Å². The van der Waals surface area contributed by atoms with Crippen molar-refractivity contribution < 1.29 is 46.2 Å². The molecule has 0 aromatic rings. The highest BCUT2D eigenvalue weighted by Crippen LogP contribution is 2.36. The predicted molar refractivity (Wildman–Crippen MR) is 102 cm³/mol. The first-order valence-corrected chi connectivity index (χ1v) is 9.81. The topological polar surface area (TPSA) is 90.0 Å². The molecular formula is C20H31F4NO6. The summed E-state index contributed by atoms with van der Waals surface area (Å²) in [7, 11) is 0. The molecule has 0 spiro atoms. The number of hydrogen-bond acceptors (Lipinski definition) is 6. The van der Waals surface area contributed by atoms with Gasteiger partial charge in [0.1, 0.15) is 0 Å². The van der Waals surface area contributed by atoms with Crippen LogP contribution in [0.25, 0.3) is 0 Å². The minimum atomic E-state index is -4.87. The molecule has 0 aliphatic rings. The molecule has 0 aliphatic carbocycles. The highest BCUT2D eigenvalue weighted by atomic mass is 19.4. The molecule has 180 valence electrons. The summed E-state index contributed by atoms with van der Waals surface area (Å²) in [5.41, 5.74) is -4.59. The summed E-state index contributed by atoms with van der Waals surface area (Å²) in [6, 6.07) is -0.497. The molecule has 0 saturated carbocycles. The molecule has 0 N–H and O–H groups in total. The summed E-state index contributed by atoms with van der Waals surface area (Å²) >= 11 is 0. The summed E-state index contributed by atoms with van der Waals surface area (Å²) < 4.78 is 62.4. The van der Waals surface area contributed by atoms with Gasteiger partial charge in [0.05, 0.1) is 5.41 Å². The molecule has 0 radical (unpaired) electrons. The summed E-state index contributed by atoms with van der Waals surface area (Å²) in [6.45, 7) is 9.81. The molecular weight excluding hydrogens is 426 g/mol. The highest BCUT2D eigenvalue weighted by molar-refractivity contribution is 5.97. The number of halogens is 4. The molecule has 0 saturated heterocycles. The number of esters is 2. The van der Waals surface area contributed by atoms with Gasteiger partial charge in [-0.05, 0) is 48.0 Å². The van der Waals surface area contributed by atoms with E-state index in [1.54, 1.807) is 13.8 Å². The van der Waals surface area contributed by atoms with E-state index in [-0.39, 0.29) is 0 Å². The van der Waals surface area contributed by atoms with Gasteiger partial charge in [-0.3, -0.25) is 19.3 Å². The average molecular weight is 457 g/mol. The van der Waals surface area contributed by atoms with Crippen LogP contribution in [0.1, 0.15) is 68.2 Å². The van der Waals surface area contributed by atoms with Crippen LogP contribution < -0.4 is 0 Å². The van der Waals surface area contributed by atoms with Gasteiger partial charge in [0.25, 0.3) is 5.91 Å². The third-order valence-electron chi connectivity index (χ3n) is 4.67. The van der Waals surface area contributed by atoms with Crippen molar-refractivity contribution in [3.63, 3.8) is 0 Å². The first-order chi connectivity index (χ1) is 13.8. The number of carbonyl (C=O) groups excluding carboxylic acids is 4. The van der Waals surface area contributed by atoms with Gasteiger partial charge in [0.15, 0.2) is 12.2 Å². The first kappa shape index (κ1) is 28.8. The Bertz CT molecular complexity index is 692. The van der Waals surface area contributed by atoms with Gasteiger partial charge in [-0.25, -0.2) is 9.18 Å². The van der Waals surface area contributed by atoms with E-state index in [0.29, 0.717) is 6.92 Å². The number of amides is 2. The number of hydrogen-bond donors (Lipinski definition) is 0. The number of ether oxygens (including phenoxy) is 2. The van der Waals surface area contributed by atoms with Gasteiger partial charge in [-0.1, -0.05) is 6.92 Å². The molecule has 11 heteroatoms. The summed E-state index contributed by atoms with van der Waals surface area (Å²) in [5.74, 6) is -4.15. The second-order valence-corrected chi connectivity index (χ2v) is 8.34. The molecule has 0 heterocycles. The van der Waals surface area contributed by atoms with E-state index < -0.39 is 72.1 Å². The maximum atomic E-state index is 15.2. The van der Waals surface area contributed by atoms with Crippen molar-refractivity contribution in [2.45, 2.75) is 98.3 Å². The van der Waals surface area contributed by atoms with Crippen molar-refractivity contribution in [1.82, 2.24) is 4.90 Å². The Balaban J connectivity index is 5.43. The van der Waals surface area contributed by atoms with Crippen molar-refractivity contribution in [3.05, 3.63) is 0 Å². The van der Waals surface area contributed by atoms with E-state index in [2.05, 4.69) is 4.74 Å². The smallest absolute Gasteiger partial charge is 0.425 e. The lowest BCUT2D eigenvalue weighted by Gasteiger charge is -2.33. The van der Waals surface area contributed by atoms with Crippen LogP contribution >= 0.6 is 0 Å². The fraction of sp³-hybridized carbons (Fsp3) is 0.800. The largest absolute Gasteiger partial charge is 0.452 e. The van der Waals surface area contributed by atoms with Gasteiger partial charge in [-0.15, -0.1) is 0 Å². The van der Waals surface area contributed by atoms with Crippen LogP contribution in [0.2, 0.25) is 0 Å². The molecule has 0 bridgehead atoms. The van der Waals surface area contributed by atoms with Crippen LogP contribution in [0.15, 0.2) is 0 Å². The predicted octanol–water partition coefficient (Wildman–Crippen LogP) is 3.73. The van der Waals surface area contributed by atoms with E-state index >= 15 is 4.39 Å². The monoisotopic (exact) mass is 457 g/mol. The molecule has 3 atom stereocenters. The lowest BCUT2D eigenvalue weighted by Crippen LogP contribution is -2.48. The minimum Gasteiger partial charge on any atom is -0.452 e. The number of alkyl halides is 4. The fourth-order valence-electron chi connectivity index (χ4n) is 2.79. The Labute approximate surface area is 179 Å². The zero-order valence-electron chi connectivity index (χ0n) is 19.1. The van der Waals surface area contributed by atoms with E-state index in [4.69, 9.17) is 4.74 Å². The molecule has 0 aromatic heterocycles. The van der Waals surface area contributed by atoms with E-state index in [1.165, 1.54) is 34.6 Å². The van der Waals surface area contributed by atoms with Crippen molar-refractivity contribution >= 4 is 23.8 Å². The standard InChI is InChI=1S/C20H31F4NO6/c1-9-19(21,17(29)31-13(5)20(22,23)24)10-18(7,8)16(28)30-12(4)15(27)25(11(2)3)14(6)26/h11-13H,9-10H2,1-8H3. The van der Waals surface area contributed by atoms with Crippen LogP contribution in [0.5, 0.6) is 0 Å². The second-order valence-electron chi connectivity index (χ2n) is 8.34. The van der Waals surface area contributed by atoms with Gasteiger partial charge in [0.2, 0.25) is 11.6 Å². The maximum absolute atomic E-state index is 15.2. The first-order valence-electron chi connectivity index (χ1n) is 9.81. The SMILES string of the molecule is CCC(F)(CC(C)(C)C(=O)OC(C)C(=O)N(C(C)=O)C(C)C)C(=O)OC(C)C(F)(F)F. The third-order valence-corrected chi connectivity index (χ3v) is 4.67. The lowest BCUT2D eigenvalue weighted by atomic mass is 9.80. The molecule has 3 unspecified atom stereocenters. The van der Waals surface area contributed by atoms with Crippen LogP contribution in [0, 0.1) is 5.41 Å². The Morgan fingerprint density at radius 2 is 1.39 bits per heavy atom. The van der Waals surface area contributed by atoms with Crippen molar-refractivity contribution in [3.8, 4) is 0 Å². The number of imide groups is 1. The fourth-order valence-corrected chi connectivity index (χ4v) is 2.79. The van der Waals surface area contributed by atoms with Gasteiger partial charge < -0.3 is 9.47 Å². The van der Waals surface area contributed by atoms with E-state index in [9.17, 15) is 32.3 Å². The minimum absolute atomic E-state index is 0.497. The van der Waals surface area contributed by atoms with Crippen LogP contribution in [0.4, 0.5) is 17.6 Å². The molecule has 0 fully saturated rings. The van der Waals surface area contributed by atoms with Crippen LogP contribution in [0.3, 0.4) is 0 Å². The Morgan fingerprint density at radius 3 is 1.74 bits per heavy atom. The average Bonchev–Trinajstić information content (AvgIpc) is 2.59. The molecule has 0 aliphatic heterocycles. The summed E-state index contributed by atoms with van der Waals surface area (Å²) in [4.78, 5) is 49.6. The van der Waals surface area contributed by atoms with Crippen molar-refractivity contribution in [2.75, 3.05) is 0 Å². The maximum Gasteiger partial charge on any atom is 0.425 e. The zero-order valence-corrected chi connectivity index (χ0v) is 19.1. The van der Waals surface area contributed by atoms with E-state index in [1.807, 2.05) is 0 Å². The lowest BCUT2D eigenvalue weighted by molar-refractivity contribution is -0.223. The molecule has 2 amide bonds. The van der Waals surface area contributed by atoms with Crippen LogP contribution in [-0.2, 0) is 28.7 Å². The van der Waals surface area contributed by atoms with Gasteiger partial charge in [-0.2, -0.15) is 13.2 Å².